The molecule has 0 saturated carbocycles. The number of aliphatic carboxylic acids is 2. The molecule has 0 aromatic carbocycles. The summed E-state index contributed by atoms with van der Waals surface area (Å²) in [5, 5.41) is 18.0. The first-order valence-electron chi connectivity index (χ1n) is 5.64. The van der Waals surface area contributed by atoms with Gasteiger partial charge < -0.3 is 20.7 Å². The van der Waals surface area contributed by atoms with E-state index in [4.69, 9.17) is 10.8 Å². The summed E-state index contributed by atoms with van der Waals surface area (Å²) in [6.45, 7) is 0. The third kappa shape index (κ3) is 6.03. The Balaban J connectivity index is 0.000000257. The first kappa shape index (κ1) is 23.6. The van der Waals surface area contributed by atoms with E-state index in [-0.39, 0.29) is 42.4 Å². The minimum atomic E-state index is -4.43. The molecule has 15 nitrogen and oxygen atoms in total. The van der Waals surface area contributed by atoms with Gasteiger partial charge in [-0.1, -0.05) is 0 Å². The smallest absolute Gasteiger partial charge is 0.548 e. The summed E-state index contributed by atoms with van der Waals surface area (Å²) in [5.41, 5.74) is 4.94. The third-order valence-corrected chi connectivity index (χ3v) is 11.8. The van der Waals surface area contributed by atoms with Gasteiger partial charge in [-0.2, -0.15) is 25.9 Å². The molecule has 0 aromatic rings. The summed E-state index contributed by atoms with van der Waals surface area (Å²) in [7, 11) is -17.7. The summed E-state index contributed by atoms with van der Waals surface area (Å²) in [6.07, 6.45) is -0.327. The maximum Gasteiger partial charge on any atom is 1.00 e. The molecule has 0 amide bonds. The Kier molecular flexibility index (Phi) is 7.47. The van der Waals surface area contributed by atoms with Gasteiger partial charge in [-0.25, -0.2) is 18.3 Å². The molecule has 0 aliphatic carbocycles. The molecule has 4 bridgehead atoms. The van der Waals surface area contributed by atoms with Gasteiger partial charge in [0.1, 0.15) is 0 Å². The minimum absolute atomic E-state index is 0. The van der Waals surface area contributed by atoms with Crippen molar-refractivity contribution in [1.29, 1.82) is 0 Å². The van der Waals surface area contributed by atoms with Gasteiger partial charge in [0.05, 0.1) is 5.97 Å². The zero-order chi connectivity index (χ0) is 18.4. The predicted molar refractivity (Wildman–Crippen MR) is 66.8 cm³/mol. The first-order chi connectivity index (χ1) is 10.8. The van der Waals surface area contributed by atoms with Gasteiger partial charge in [0.25, 0.3) is 0 Å². The molecular formula is C5H8NNaO14P4. The fraction of sp³-hybridized carbons (Fsp3) is 0.600. The Morgan fingerprint density at radius 3 is 1.36 bits per heavy atom. The number of carboxylic acids is 2. The van der Waals surface area contributed by atoms with Crippen molar-refractivity contribution in [3.63, 3.8) is 0 Å². The van der Waals surface area contributed by atoms with Gasteiger partial charge in [-0.15, -0.1) is 0 Å². The zero-order valence-corrected chi connectivity index (χ0v) is 17.7. The average Bonchev–Trinajstić information content (AvgIpc) is 2.28. The van der Waals surface area contributed by atoms with E-state index in [0.717, 1.165) is 0 Å². The molecule has 4 heterocycles. The number of carbonyl (C=O) groups excluding carboxylic acids is 1. The van der Waals surface area contributed by atoms with Gasteiger partial charge in [-0.05, 0) is 6.42 Å². The van der Waals surface area contributed by atoms with E-state index in [9.17, 15) is 33.0 Å². The van der Waals surface area contributed by atoms with Crippen LogP contribution in [0.1, 0.15) is 12.8 Å². The Morgan fingerprint density at radius 1 is 0.880 bits per heavy atom. The van der Waals surface area contributed by atoms with Crippen molar-refractivity contribution in [3.05, 3.63) is 0 Å². The largest absolute Gasteiger partial charge is 1.00 e. The van der Waals surface area contributed by atoms with E-state index < -0.39 is 49.3 Å². The topological polar surface area (TPSA) is 227 Å². The van der Waals surface area contributed by atoms with Crippen LogP contribution in [0, 0.1) is 0 Å². The van der Waals surface area contributed by atoms with E-state index in [1.165, 1.54) is 0 Å². The summed E-state index contributed by atoms with van der Waals surface area (Å²) in [5.74, 6) is -2.47. The van der Waals surface area contributed by atoms with Crippen molar-refractivity contribution in [1.82, 2.24) is 0 Å². The molecular weight excluding hydrogens is 445 g/mol. The molecule has 25 heavy (non-hydrogen) atoms. The molecule has 1 unspecified atom stereocenters. The Morgan fingerprint density at radius 2 is 1.16 bits per heavy atom. The molecule has 4 fully saturated rings. The van der Waals surface area contributed by atoms with Gasteiger partial charge in [0.2, 0.25) is 0 Å². The molecule has 20 heteroatoms. The Hall–Kier alpha value is 0.580. The molecule has 4 rings (SSSR count). The van der Waals surface area contributed by atoms with Crippen LogP contribution in [0.25, 0.3) is 0 Å². The maximum atomic E-state index is 11.3. The fourth-order valence-corrected chi connectivity index (χ4v) is 11.8. The van der Waals surface area contributed by atoms with Crippen molar-refractivity contribution in [2.75, 3.05) is 0 Å². The second kappa shape index (κ2) is 7.90. The molecule has 0 aromatic heterocycles. The summed E-state index contributed by atoms with van der Waals surface area (Å²) < 4.78 is 69.9. The normalized spacial score (nSPS) is 41.8. The molecule has 1 atom stereocenters. The first-order valence-corrected chi connectivity index (χ1v) is 11.5. The van der Waals surface area contributed by atoms with Crippen LogP contribution < -0.4 is 40.4 Å². The van der Waals surface area contributed by atoms with Gasteiger partial charge >= 0.3 is 66.8 Å². The molecule has 3 N–H and O–H groups in total. The van der Waals surface area contributed by atoms with Crippen LogP contribution in [0.4, 0.5) is 0 Å². The molecule has 0 radical (unpaired) electrons. The Labute approximate surface area is 161 Å². The fourth-order valence-electron chi connectivity index (χ4n) is 1.31. The molecule has 0 spiro atoms. The van der Waals surface area contributed by atoms with Gasteiger partial charge in [0.15, 0.2) is 0 Å². The number of hydrogen-bond donors (Lipinski definition) is 2. The maximum absolute atomic E-state index is 11.3. The summed E-state index contributed by atoms with van der Waals surface area (Å²) in [6, 6.07) is -1.17. The quantitative estimate of drug-likeness (QED) is 0.331. The molecule has 4 aliphatic heterocycles. The van der Waals surface area contributed by atoms with Crippen molar-refractivity contribution < 1.29 is 93.5 Å². The monoisotopic (exact) mass is 453 g/mol. The number of carboxylic acid groups (broad SMARTS) is 2. The van der Waals surface area contributed by atoms with Crippen molar-refractivity contribution in [2.45, 2.75) is 18.9 Å². The average molecular weight is 453 g/mol. The van der Waals surface area contributed by atoms with Gasteiger partial charge in [0, 0.05) is 12.5 Å². The summed E-state index contributed by atoms with van der Waals surface area (Å²) in [4.78, 5) is 19.7. The van der Waals surface area contributed by atoms with E-state index in [0.29, 0.717) is 0 Å². The van der Waals surface area contributed by atoms with E-state index in [1.807, 2.05) is 0 Å². The van der Waals surface area contributed by atoms with E-state index >= 15 is 0 Å². The number of hydrogen-bond acceptors (Lipinski definition) is 14. The van der Waals surface area contributed by atoms with Crippen LogP contribution in [0.3, 0.4) is 0 Å². The zero-order valence-electron chi connectivity index (χ0n) is 12.1. The van der Waals surface area contributed by atoms with E-state index in [2.05, 4.69) is 25.9 Å². The molecule has 4 saturated heterocycles. The van der Waals surface area contributed by atoms with Crippen molar-refractivity contribution >= 4 is 43.2 Å². The minimum Gasteiger partial charge on any atom is -0.548 e. The molecule has 4 aliphatic rings. The molecule has 138 valence electrons. The second-order valence-corrected chi connectivity index (χ2v) is 11.6. The number of rotatable bonds is 4. The number of phosphoric acid groups is 4. The van der Waals surface area contributed by atoms with Crippen LogP contribution in [-0.4, -0.2) is 23.1 Å². The van der Waals surface area contributed by atoms with Crippen LogP contribution in [0.5, 0.6) is 0 Å². The number of carbonyl (C=O) groups is 2. The van der Waals surface area contributed by atoms with Crippen LogP contribution in [-0.2, 0) is 53.7 Å². The van der Waals surface area contributed by atoms with Crippen LogP contribution in [0.2, 0.25) is 0 Å². The second-order valence-electron chi connectivity index (χ2n) is 4.14. The van der Waals surface area contributed by atoms with E-state index in [1.54, 1.807) is 0 Å². The van der Waals surface area contributed by atoms with Crippen molar-refractivity contribution in [2.24, 2.45) is 5.73 Å². The standard InChI is InChI=1S/C5H9NO4.Na.O10P4/c6-3(5(9)10)1-2-4(7)8;;1-11-5-12(2)8-13(3,6-11)10-14(4,7-11)9-12/h3H,1-2,6H2,(H,7,8)(H,9,10);;/q;+1;/p-1. The third-order valence-electron chi connectivity index (χ3n) is 2.17. The van der Waals surface area contributed by atoms with Crippen LogP contribution in [0.15, 0.2) is 0 Å². The summed E-state index contributed by atoms with van der Waals surface area (Å²) >= 11 is 0. The predicted octanol–water partition coefficient (Wildman–Crippen LogP) is -2.51. The van der Waals surface area contributed by atoms with Crippen molar-refractivity contribution in [3.8, 4) is 0 Å². The Bertz CT molecular complexity index is 612. The van der Waals surface area contributed by atoms with Crippen LogP contribution >= 0.6 is 31.3 Å². The SMILES string of the molecule is NC(CCC(=O)O)C(=O)[O-].O=P12OP3(=O)OP(=O)(O1)OP(=O)(O2)O3.[Na+]. The number of nitrogens with two attached hydrogens (primary N) is 1. The van der Waals surface area contributed by atoms with Gasteiger partial charge in [-0.3, -0.25) is 4.79 Å².